The Bertz CT molecular complexity index is 919. The highest BCUT2D eigenvalue weighted by atomic mass is 35.5. The summed E-state index contributed by atoms with van der Waals surface area (Å²) in [6, 6.07) is 15.9. The summed E-state index contributed by atoms with van der Waals surface area (Å²) in [5, 5.41) is 0.733. The number of fused-ring (bicyclic) bond motifs is 1. The van der Waals surface area contributed by atoms with E-state index in [1.807, 2.05) is 67.5 Å². The number of hydrogen-bond donors (Lipinski definition) is 0. The van der Waals surface area contributed by atoms with Crippen LogP contribution in [0.15, 0.2) is 53.4 Å². The average molecular weight is 452 g/mol. The van der Waals surface area contributed by atoms with Crippen molar-refractivity contribution < 1.29 is 9.53 Å². The Morgan fingerprint density at radius 3 is 2.55 bits per heavy atom. The second-order valence-electron chi connectivity index (χ2n) is 6.61. The molecule has 0 unspecified atom stereocenters. The lowest BCUT2D eigenvalue weighted by atomic mass is 10.3. The van der Waals surface area contributed by atoms with E-state index in [2.05, 4.69) is 4.90 Å². The van der Waals surface area contributed by atoms with Crippen molar-refractivity contribution in [1.82, 2.24) is 9.88 Å². The maximum atomic E-state index is 13.1. The quantitative estimate of drug-likeness (QED) is 0.437. The predicted octanol–water partition coefficient (Wildman–Crippen LogP) is 4.80. The van der Waals surface area contributed by atoms with Gasteiger partial charge in [0.2, 0.25) is 5.91 Å². The van der Waals surface area contributed by atoms with E-state index in [1.165, 1.54) is 11.3 Å². The predicted molar refractivity (Wildman–Crippen MR) is 126 cm³/mol. The van der Waals surface area contributed by atoms with Crippen LogP contribution in [0.1, 0.15) is 6.42 Å². The number of thiazole rings is 1. The van der Waals surface area contributed by atoms with E-state index in [0.29, 0.717) is 12.3 Å². The number of para-hydroxylation sites is 1. The topological polar surface area (TPSA) is 45.7 Å². The van der Waals surface area contributed by atoms with Crippen LogP contribution >= 0.6 is 35.5 Å². The minimum atomic E-state index is 0. The van der Waals surface area contributed by atoms with Gasteiger partial charge in [0.1, 0.15) is 11.3 Å². The summed E-state index contributed by atoms with van der Waals surface area (Å²) in [6.45, 7) is 1.57. The summed E-state index contributed by atoms with van der Waals surface area (Å²) in [6.07, 6.45) is 0.891. The van der Waals surface area contributed by atoms with Gasteiger partial charge in [-0.2, -0.15) is 0 Å². The van der Waals surface area contributed by atoms with Gasteiger partial charge in [0, 0.05) is 11.4 Å². The second kappa shape index (κ2) is 11.4. The Balaban J connectivity index is 0.00000300. The number of ether oxygens (including phenoxy) is 1. The first-order chi connectivity index (χ1) is 13.6. The Morgan fingerprint density at radius 2 is 1.86 bits per heavy atom. The van der Waals surface area contributed by atoms with Crippen LogP contribution in [0, 0.1) is 0 Å². The fourth-order valence-electron chi connectivity index (χ4n) is 2.80. The molecule has 0 fully saturated rings. The molecule has 3 aromatic rings. The first kappa shape index (κ1) is 23.5. The second-order valence-corrected chi connectivity index (χ2v) is 8.67. The van der Waals surface area contributed by atoms with E-state index in [1.54, 1.807) is 18.9 Å². The zero-order chi connectivity index (χ0) is 19.9. The average Bonchev–Trinajstić information content (AvgIpc) is 3.14. The van der Waals surface area contributed by atoms with Gasteiger partial charge in [-0.3, -0.25) is 9.69 Å². The van der Waals surface area contributed by atoms with Gasteiger partial charge in [0.25, 0.3) is 0 Å². The third-order valence-corrected chi connectivity index (χ3v) is 6.26. The van der Waals surface area contributed by atoms with Gasteiger partial charge in [-0.1, -0.05) is 35.6 Å². The number of anilines is 1. The molecule has 0 spiro atoms. The van der Waals surface area contributed by atoms with Gasteiger partial charge >= 0.3 is 0 Å². The lowest BCUT2D eigenvalue weighted by Crippen LogP contribution is -2.34. The van der Waals surface area contributed by atoms with Crippen molar-refractivity contribution in [2.75, 3.05) is 44.9 Å². The normalized spacial score (nSPS) is 10.8. The van der Waals surface area contributed by atoms with Gasteiger partial charge in [-0.25, -0.2) is 4.98 Å². The molecule has 0 saturated carbocycles. The summed E-state index contributed by atoms with van der Waals surface area (Å²) in [7, 11) is 5.73. The molecule has 0 N–H and O–H groups in total. The van der Waals surface area contributed by atoms with Crippen LogP contribution in [0.25, 0.3) is 10.2 Å². The zero-order valence-electron chi connectivity index (χ0n) is 16.8. The molecule has 0 aliphatic heterocycles. The summed E-state index contributed by atoms with van der Waals surface area (Å²) in [4.78, 5) is 22.8. The molecule has 5 nitrogen and oxygen atoms in total. The molecule has 156 valence electrons. The molecule has 1 heterocycles. The van der Waals surface area contributed by atoms with E-state index >= 15 is 0 Å². The lowest BCUT2D eigenvalue weighted by Gasteiger charge is -2.21. The van der Waals surface area contributed by atoms with E-state index in [0.717, 1.165) is 39.0 Å². The highest BCUT2D eigenvalue weighted by Crippen LogP contribution is 2.34. The highest BCUT2D eigenvalue weighted by Gasteiger charge is 2.21. The third-order valence-electron chi connectivity index (χ3n) is 4.22. The molecular formula is C21H26ClN3O2S2. The Hall–Kier alpha value is -1.80. The van der Waals surface area contributed by atoms with Gasteiger partial charge < -0.3 is 9.64 Å². The molecule has 1 aromatic heterocycles. The zero-order valence-corrected chi connectivity index (χ0v) is 19.3. The van der Waals surface area contributed by atoms with Crippen molar-refractivity contribution in [1.29, 1.82) is 0 Å². The number of aromatic nitrogens is 1. The summed E-state index contributed by atoms with van der Waals surface area (Å²) < 4.78 is 6.45. The molecule has 0 saturated heterocycles. The standard InChI is InChI=1S/C21H25N3O2S2.ClH/c1-23(2)13-8-14-24(19(25)15-27-16-9-5-4-6-10-16)21-22-20-17(26-3)11-7-12-18(20)28-21;/h4-7,9-12H,8,13-15H2,1-3H3;1H. The molecule has 3 rings (SSSR count). The molecule has 0 aliphatic carbocycles. The maximum Gasteiger partial charge on any atom is 0.239 e. The monoisotopic (exact) mass is 451 g/mol. The number of methoxy groups -OCH3 is 1. The number of hydrogen-bond acceptors (Lipinski definition) is 6. The number of carbonyl (C=O) groups is 1. The minimum Gasteiger partial charge on any atom is -0.494 e. The summed E-state index contributed by atoms with van der Waals surface area (Å²) >= 11 is 3.09. The molecule has 0 aliphatic rings. The first-order valence-corrected chi connectivity index (χ1v) is 10.9. The van der Waals surface area contributed by atoms with Crippen LogP contribution in [-0.2, 0) is 4.79 Å². The largest absolute Gasteiger partial charge is 0.494 e. The van der Waals surface area contributed by atoms with E-state index in [9.17, 15) is 4.79 Å². The highest BCUT2D eigenvalue weighted by molar-refractivity contribution is 8.00. The van der Waals surface area contributed by atoms with Crippen LogP contribution in [-0.4, -0.2) is 55.8 Å². The van der Waals surface area contributed by atoms with Gasteiger partial charge in [-0.15, -0.1) is 24.2 Å². The van der Waals surface area contributed by atoms with Crippen molar-refractivity contribution in [3.63, 3.8) is 0 Å². The van der Waals surface area contributed by atoms with Crippen LogP contribution in [0.3, 0.4) is 0 Å². The van der Waals surface area contributed by atoms with Crippen molar-refractivity contribution in [2.24, 2.45) is 0 Å². The number of amides is 1. The molecule has 0 bridgehead atoms. The van der Waals surface area contributed by atoms with E-state index in [4.69, 9.17) is 9.72 Å². The summed E-state index contributed by atoms with van der Waals surface area (Å²) in [5.74, 6) is 1.20. The van der Waals surface area contributed by atoms with Crippen LogP contribution in [0.4, 0.5) is 5.13 Å². The van der Waals surface area contributed by atoms with Crippen molar-refractivity contribution in [2.45, 2.75) is 11.3 Å². The molecule has 0 atom stereocenters. The molecule has 1 amide bonds. The SMILES string of the molecule is COc1cccc2sc(N(CCCN(C)C)C(=O)CSc3ccccc3)nc12.Cl. The van der Waals surface area contributed by atoms with Gasteiger partial charge in [0.15, 0.2) is 5.13 Å². The Labute approximate surface area is 186 Å². The molecule has 29 heavy (non-hydrogen) atoms. The van der Waals surface area contributed by atoms with E-state index in [-0.39, 0.29) is 18.3 Å². The number of thioether (sulfide) groups is 1. The maximum absolute atomic E-state index is 13.1. The van der Waals surface area contributed by atoms with E-state index < -0.39 is 0 Å². The smallest absolute Gasteiger partial charge is 0.239 e. The fraction of sp³-hybridized carbons (Fsp3) is 0.333. The van der Waals surface area contributed by atoms with Crippen molar-refractivity contribution in [3.8, 4) is 5.75 Å². The summed E-state index contributed by atoms with van der Waals surface area (Å²) in [5.41, 5.74) is 0.811. The number of carbonyl (C=O) groups excluding carboxylic acids is 1. The number of rotatable bonds is 9. The fourth-order valence-corrected chi connectivity index (χ4v) is 4.63. The molecule has 0 radical (unpaired) electrons. The molecular weight excluding hydrogens is 426 g/mol. The van der Waals surface area contributed by atoms with Gasteiger partial charge in [-0.05, 0) is 51.3 Å². The molecule has 2 aromatic carbocycles. The number of halogens is 1. The number of nitrogens with zero attached hydrogens (tertiary/aromatic N) is 3. The van der Waals surface area contributed by atoms with Crippen LogP contribution < -0.4 is 9.64 Å². The van der Waals surface area contributed by atoms with Crippen LogP contribution in [0.2, 0.25) is 0 Å². The van der Waals surface area contributed by atoms with Crippen molar-refractivity contribution >= 4 is 56.8 Å². The van der Waals surface area contributed by atoms with Crippen LogP contribution in [0.5, 0.6) is 5.75 Å². The molecule has 8 heteroatoms. The first-order valence-electron chi connectivity index (χ1n) is 9.15. The Morgan fingerprint density at radius 1 is 1.10 bits per heavy atom. The third kappa shape index (κ3) is 6.34. The van der Waals surface area contributed by atoms with Gasteiger partial charge in [0.05, 0.1) is 17.6 Å². The minimum absolute atomic E-state index is 0. The number of benzene rings is 2. The Kier molecular flexibility index (Phi) is 9.23. The lowest BCUT2D eigenvalue weighted by molar-refractivity contribution is -0.116. The van der Waals surface area contributed by atoms with Crippen molar-refractivity contribution in [3.05, 3.63) is 48.5 Å².